The van der Waals surface area contributed by atoms with Gasteiger partial charge < -0.3 is 5.32 Å². The molecule has 2 heterocycles. The average Bonchev–Trinajstić information content (AvgIpc) is 2.96. The lowest BCUT2D eigenvalue weighted by Gasteiger charge is -2.28. The van der Waals surface area contributed by atoms with Gasteiger partial charge in [0, 0.05) is 23.3 Å². The summed E-state index contributed by atoms with van der Waals surface area (Å²) >= 11 is 0. The van der Waals surface area contributed by atoms with Gasteiger partial charge in [-0.15, -0.1) is 0 Å². The number of carbonyl (C=O) groups excluding carboxylic acids is 1. The monoisotopic (exact) mass is 268 g/mol. The molecule has 3 rings (SSSR count). The van der Waals surface area contributed by atoms with E-state index in [1.165, 1.54) is 0 Å². The van der Waals surface area contributed by atoms with Crippen molar-refractivity contribution in [1.29, 1.82) is 0 Å². The van der Waals surface area contributed by atoms with Gasteiger partial charge in [0.2, 0.25) is 0 Å². The second-order valence-corrected chi connectivity index (χ2v) is 5.59. The van der Waals surface area contributed by atoms with Crippen LogP contribution in [0.25, 0.3) is 10.8 Å². The molecule has 1 aliphatic heterocycles. The summed E-state index contributed by atoms with van der Waals surface area (Å²) in [6.45, 7) is 3.08. The number of hydrogen-bond donors (Lipinski definition) is 1. The minimum atomic E-state index is -0.355. The van der Waals surface area contributed by atoms with Crippen molar-refractivity contribution in [1.82, 2.24) is 10.3 Å². The molecule has 1 fully saturated rings. The Kier molecular flexibility index (Phi) is 3.53. The highest BCUT2D eigenvalue weighted by atomic mass is 16.1. The Morgan fingerprint density at radius 3 is 3.05 bits per heavy atom. The normalized spacial score (nSPS) is 22.2. The van der Waals surface area contributed by atoms with Crippen LogP contribution in [-0.4, -0.2) is 22.9 Å². The molecule has 104 valence electrons. The molecule has 0 amide bonds. The fourth-order valence-electron chi connectivity index (χ4n) is 3.33. The van der Waals surface area contributed by atoms with Gasteiger partial charge in [-0.05, 0) is 37.3 Å². The number of rotatable bonds is 4. The quantitative estimate of drug-likeness (QED) is 0.865. The van der Waals surface area contributed by atoms with E-state index in [-0.39, 0.29) is 11.3 Å². The number of fused-ring (bicyclic) bond motifs is 1. The molecule has 0 radical (unpaired) electrons. The molecule has 1 aliphatic rings. The lowest BCUT2D eigenvalue weighted by Crippen LogP contribution is -2.47. The first kappa shape index (κ1) is 13.3. The molecule has 3 nitrogen and oxygen atoms in total. The van der Waals surface area contributed by atoms with Crippen molar-refractivity contribution >= 4 is 16.6 Å². The van der Waals surface area contributed by atoms with E-state index in [1.54, 1.807) is 6.20 Å². The lowest BCUT2D eigenvalue weighted by molar-refractivity contribution is 0.0859. The van der Waals surface area contributed by atoms with Gasteiger partial charge in [0.15, 0.2) is 5.78 Å². The molecule has 0 spiro atoms. The van der Waals surface area contributed by atoms with Crippen molar-refractivity contribution in [3.63, 3.8) is 0 Å². The highest BCUT2D eigenvalue weighted by Gasteiger charge is 2.40. The molecule has 1 unspecified atom stereocenters. The second kappa shape index (κ2) is 5.33. The van der Waals surface area contributed by atoms with E-state index in [0.29, 0.717) is 0 Å². The van der Waals surface area contributed by atoms with Gasteiger partial charge in [0.25, 0.3) is 0 Å². The van der Waals surface area contributed by atoms with Gasteiger partial charge in [-0.3, -0.25) is 9.78 Å². The van der Waals surface area contributed by atoms with E-state index >= 15 is 0 Å². The van der Waals surface area contributed by atoms with Crippen molar-refractivity contribution in [2.24, 2.45) is 0 Å². The van der Waals surface area contributed by atoms with Crippen LogP contribution >= 0.6 is 0 Å². The number of hydrogen-bond acceptors (Lipinski definition) is 3. The van der Waals surface area contributed by atoms with Crippen LogP contribution in [0.4, 0.5) is 0 Å². The van der Waals surface area contributed by atoms with E-state index in [1.807, 2.05) is 30.5 Å². The van der Waals surface area contributed by atoms with Crippen LogP contribution in [0.15, 0.2) is 36.7 Å². The summed E-state index contributed by atoms with van der Waals surface area (Å²) in [7, 11) is 0. The number of carbonyl (C=O) groups is 1. The van der Waals surface area contributed by atoms with E-state index in [9.17, 15) is 4.79 Å². The first-order chi connectivity index (χ1) is 9.77. The zero-order chi connectivity index (χ0) is 14.0. The Hall–Kier alpha value is -1.74. The molecule has 0 saturated carbocycles. The number of nitrogens with one attached hydrogen (secondary N) is 1. The summed E-state index contributed by atoms with van der Waals surface area (Å²) in [6, 6.07) is 7.85. The topological polar surface area (TPSA) is 42.0 Å². The fraction of sp³-hybridized carbons (Fsp3) is 0.412. The second-order valence-electron chi connectivity index (χ2n) is 5.59. The van der Waals surface area contributed by atoms with Crippen LogP contribution in [0.2, 0.25) is 0 Å². The number of ketones is 1. The van der Waals surface area contributed by atoms with Crippen LogP contribution in [0.5, 0.6) is 0 Å². The van der Waals surface area contributed by atoms with Crippen molar-refractivity contribution < 1.29 is 4.79 Å². The first-order valence-corrected chi connectivity index (χ1v) is 7.39. The van der Waals surface area contributed by atoms with Gasteiger partial charge in [0.1, 0.15) is 0 Å². The molecular weight excluding hydrogens is 248 g/mol. The predicted octanol–water partition coefficient (Wildman–Crippen LogP) is 3.34. The van der Waals surface area contributed by atoms with Crippen LogP contribution in [-0.2, 0) is 0 Å². The molecule has 1 saturated heterocycles. The highest BCUT2D eigenvalue weighted by molar-refractivity contribution is 6.12. The molecule has 3 heteroatoms. The minimum absolute atomic E-state index is 0.244. The predicted molar refractivity (Wildman–Crippen MR) is 80.9 cm³/mol. The Balaban J connectivity index is 2.08. The Morgan fingerprint density at radius 2 is 2.30 bits per heavy atom. The van der Waals surface area contributed by atoms with Crippen molar-refractivity contribution in [2.45, 2.75) is 38.1 Å². The van der Waals surface area contributed by atoms with Crippen LogP contribution in [0.1, 0.15) is 43.0 Å². The van der Waals surface area contributed by atoms with Crippen molar-refractivity contribution in [3.8, 4) is 0 Å². The summed E-state index contributed by atoms with van der Waals surface area (Å²) in [5.41, 5.74) is 0.472. The average molecular weight is 268 g/mol. The maximum absolute atomic E-state index is 13.1. The maximum Gasteiger partial charge on any atom is 0.183 e. The Bertz CT molecular complexity index is 624. The number of benzene rings is 1. The van der Waals surface area contributed by atoms with Crippen molar-refractivity contribution in [3.05, 3.63) is 42.2 Å². The third-order valence-corrected chi connectivity index (χ3v) is 4.28. The highest BCUT2D eigenvalue weighted by Crippen LogP contribution is 2.31. The number of pyridine rings is 1. The molecule has 2 aromatic rings. The Morgan fingerprint density at radius 1 is 1.40 bits per heavy atom. The minimum Gasteiger partial charge on any atom is -0.305 e. The molecule has 0 aliphatic carbocycles. The van der Waals surface area contributed by atoms with E-state index < -0.39 is 0 Å². The molecule has 1 aromatic carbocycles. The maximum atomic E-state index is 13.1. The molecule has 20 heavy (non-hydrogen) atoms. The first-order valence-electron chi connectivity index (χ1n) is 7.39. The van der Waals surface area contributed by atoms with Gasteiger partial charge in [-0.25, -0.2) is 0 Å². The molecule has 1 N–H and O–H groups in total. The number of aromatic nitrogens is 1. The summed E-state index contributed by atoms with van der Waals surface area (Å²) in [6.07, 6.45) is 7.53. The van der Waals surface area contributed by atoms with Gasteiger partial charge >= 0.3 is 0 Å². The smallest absolute Gasteiger partial charge is 0.183 e. The largest absolute Gasteiger partial charge is 0.305 e. The number of Topliss-reactive ketones (excluding diaryl/α,β-unsaturated/α-hetero) is 1. The van der Waals surface area contributed by atoms with Crippen molar-refractivity contribution in [2.75, 3.05) is 6.54 Å². The van der Waals surface area contributed by atoms with Gasteiger partial charge in [-0.1, -0.05) is 31.5 Å². The number of nitrogens with zero attached hydrogens (tertiary/aromatic N) is 1. The van der Waals surface area contributed by atoms with E-state index in [2.05, 4.69) is 17.2 Å². The van der Waals surface area contributed by atoms with Gasteiger partial charge in [-0.2, -0.15) is 0 Å². The zero-order valence-electron chi connectivity index (χ0n) is 11.9. The summed E-state index contributed by atoms with van der Waals surface area (Å²) < 4.78 is 0. The fourth-order valence-corrected chi connectivity index (χ4v) is 3.33. The standard InChI is InChI=1S/C17H20N2O/c1-2-8-17(9-4-10-19-17)16(20)15-6-3-5-13-12-18-11-7-14(13)15/h3,5-7,11-12,19H,2,4,8-10H2,1H3. The third kappa shape index (κ3) is 2.12. The SMILES string of the molecule is CCCC1(C(=O)c2cccc3cnccc23)CCCN1. The third-order valence-electron chi connectivity index (χ3n) is 4.28. The molecule has 1 atom stereocenters. The Labute approximate surface area is 119 Å². The molecule has 0 bridgehead atoms. The van der Waals surface area contributed by atoms with Crippen LogP contribution in [0.3, 0.4) is 0 Å². The summed E-state index contributed by atoms with van der Waals surface area (Å²) in [5, 5.41) is 5.51. The summed E-state index contributed by atoms with van der Waals surface area (Å²) in [4.78, 5) is 17.2. The zero-order valence-corrected chi connectivity index (χ0v) is 11.9. The van der Waals surface area contributed by atoms with E-state index in [0.717, 1.165) is 48.6 Å². The van der Waals surface area contributed by atoms with E-state index in [4.69, 9.17) is 0 Å². The molecule has 1 aromatic heterocycles. The van der Waals surface area contributed by atoms with Gasteiger partial charge in [0.05, 0.1) is 5.54 Å². The van der Waals surface area contributed by atoms with Crippen LogP contribution in [0, 0.1) is 0 Å². The summed E-state index contributed by atoms with van der Waals surface area (Å²) in [5.74, 6) is 0.244. The lowest BCUT2D eigenvalue weighted by atomic mass is 9.82. The molecular formula is C17H20N2O. The van der Waals surface area contributed by atoms with Crippen LogP contribution < -0.4 is 5.32 Å².